The van der Waals surface area contributed by atoms with Gasteiger partial charge in [-0.1, -0.05) is 48.0 Å². The molecule has 2 aromatic carbocycles. The molecule has 0 fully saturated rings. The normalized spacial score (nSPS) is 10.2. The first kappa shape index (κ1) is 13.9. The summed E-state index contributed by atoms with van der Waals surface area (Å²) in [6.45, 7) is 2.00. The summed E-state index contributed by atoms with van der Waals surface area (Å²) in [6.07, 6.45) is 0. The van der Waals surface area contributed by atoms with E-state index in [1.807, 2.05) is 61.5 Å². The second-order valence-electron chi connectivity index (χ2n) is 4.99. The van der Waals surface area contributed by atoms with Crippen LogP contribution in [-0.2, 0) is 0 Å². The Morgan fingerprint density at radius 2 is 1.59 bits per heavy atom. The third-order valence-corrected chi connectivity index (χ3v) is 3.28. The number of aromatic nitrogens is 2. The minimum absolute atomic E-state index is 0.268. The molecule has 3 aromatic rings. The molecule has 0 bridgehead atoms. The van der Waals surface area contributed by atoms with E-state index in [1.54, 1.807) is 12.1 Å². The largest absolute Gasteiger partial charge is 0.321 e. The molecule has 1 N–H and O–H groups in total. The molecule has 108 valence electrons. The predicted molar refractivity (Wildman–Crippen MR) is 86.6 cm³/mol. The van der Waals surface area contributed by atoms with Crippen molar-refractivity contribution in [2.75, 3.05) is 5.32 Å². The van der Waals surface area contributed by atoms with Gasteiger partial charge < -0.3 is 5.32 Å². The Bertz CT molecular complexity index is 766. The number of hydrogen-bond donors (Lipinski definition) is 1. The fourth-order valence-electron chi connectivity index (χ4n) is 2.05. The molecule has 0 spiro atoms. The zero-order chi connectivity index (χ0) is 15.4. The molecule has 4 nitrogen and oxygen atoms in total. The van der Waals surface area contributed by atoms with Crippen LogP contribution in [0, 0.1) is 6.92 Å². The third kappa shape index (κ3) is 3.17. The second-order valence-corrected chi connectivity index (χ2v) is 4.99. The van der Waals surface area contributed by atoms with Crippen LogP contribution in [0.5, 0.6) is 0 Å². The highest BCUT2D eigenvalue weighted by Crippen LogP contribution is 2.15. The number of nitrogens with zero attached hydrogens (tertiary/aromatic N) is 2. The molecule has 1 aromatic heterocycles. The molecule has 1 heterocycles. The van der Waals surface area contributed by atoms with Crippen molar-refractivity contribution < 1.29 is 4.79 Å². The fourth-order valence-corrected chi connectivity index (χ4v) is 2.05. The molecule has 0 atom stereocenters. The number of amides is 1. The number of carbonyl (C=O) groups excluding carboxylic acids is 1. The molecule has 3 rings (SSSR count). The standard InChI is InChI=1S/C18H15N3O/c1-13-7-9-15(10-8-13)19-18(22)17-12-11-16(20-21-17)14-5-3-2-4-6-14/h2-12H,1H3,(H,19,22). The summed E-state index contributed by atoms with van der Waals surface area (Å²) in [6, 6.07) is 20.8. The molecule has 4 heteroatoms. The van der Waals surface area contributed by atoms with Crippen molar-refractivity contribution in [3.05, 3.63) is 78.0 Å². The van der Waals surface area contributed by atoms with E-state index in [2.05, 4.69) is 15.5 Å². The lowest BCUT2D eigenvalue weighted by Crippen LogP contribution is -2.14. The minimum atomic E-state index is -0.268. The number of nitrogens with one attached hydrogen (secondary N) is 1. The van der Waals surface area contributed by atoms with E-state index in [4.69, 9.17) is 0 Å². The molecule has 0 unspecified atom stereocenters. The van der Waals surface area contributed by atoms with Crippen molar-refractivity contribution in [1.29, 1.82) is 0 Å². The Hall–Kier alpha value is -3.01. The van der Waals surface area contributed by atoms with Crippen molar-refractivity contribution in [2.24, 2.45) is 0 Å². The summed E-state index contributed by atoms with van der Waals surface area (Å²) >= 11 is 0. The van der Waals surface area contributed by atoms with E-state index in [1.165, 1.54) is 0 Å². The maximum absolute atomic E-state index is 12.1. The Balaban J connectivity index is 1.75. The van der Waals surface area contributed by atoms with E-state index < -0.39 is 0 Å². The van der Waals surface area contributed by atoms with Crippen molar-refractivity contribution >= 4 is 11.6 Å². The summed E-state index contributed by atoms with van der Waals surface area (Å²) in [7, 11) is 0. The number of rotatable bonds is 3. The van der Waals surface area contributed by atoms with Gasteiger partial charge in [0.05, 0.1) is 5.69 Å². The number of hydrogen-bond acceptors (Lipinski definition) is 3. The average Bonchev–Trinajstić information content (AvgIpc) is 2.58. The minimum Gasteiger partial charge on any atom is -0.321 e. The molecule has 0 radical (unpaired) electrons. The van der Waals surface area contributed by atoms with Crippen LogP contribution in [-0.4, -0.2) is 16.1 Å². The van der Waals surface area contributed by atoms with Crippen LogP contribution in [0.3, 0.4) is 0 Å². The first-order valence-corrected chi connectivity index (χ1v) is 6.99. The van der Waals surface area contributed by atoms with Gasteiger partial charge in [-0.3, -0.25) is 4.79 Å². The fraction of sp³-hybridized carbons (Fsp3) is 0.0556. The quantitative estimate of drug-likeness (QED) is 0.799. The molecule has 0 saturated carbocycles. The SMILES string of the molecule is Cc1ccc(NC(=O)c2ccc(-c3ccccc3)nn2)cc1. The molecular weight excluding hydrogens is 274 g/mol. The van der Waals surface area contributed by atoms with Crippen LogP contribution in [0.2, 0.25) is 0 Å². The summed E-state index contributed by atoms with van der Waals surface area (Å²) in [5, 5.41) is 10.9. The third-order valence-electron chi connectivity index (χ3n) is 3.28. The van der Waals surface area contributed by atoms with Crippen LogP contribution in [0.25, 0.3) is 11.3 Å². The highest BCUT2D eigenvalue weighted by atomic mass is 16.1. The predicted octanol–water partition coefficient (Wildman–Crippen LogP) is 3.70. The number of benzene rings is 2. The monoisotopic (exact) mass is 289 g/mol. The molecule has 0 aliphatic carbocycles. The van der Waals surface area contributed by atoms with Crippen LogP contribution in [0.4, 0.5) is 5.69 Å². The Labute approximate surface area is 128 Å². The number of anilines is 1. The van der Waals surface area contributed by atoms with Gasteiger partial charge in [0.2, 0.25) is 0 Å². The van der Waals surface area contributed by atoms with Gasteiger partial charge in [-0.2, -0.15) is 0 Å². The van der Waals surface area contributed by atoms with Gasteiger partial charge in [0.15, 0.2) is 5.69 Å². The first-order chi connectivity index (χ1) is 10.7. The Morgan fingerprint density at radius 3 is 2.23 bits per heavy atom. The second kappa shape index (κ2) is 6.18. The summed E-state index contributed by atoms with van der Waals surface area (Å²) in [5.74, 6) is -0.268. The van der Waals surface area contributed by atoms with E-state index in [0.29, 0.717) is 5.69 Å². The molecule has 0 aliphatic rings. The Morgan fingerprint density at radius 1 is 0.864 bits per heavy atom. The van der Waals surface area contributed by atoms with Gasteiger partial charge in [0, 0.05) is 11.3 Å². The van der Waals surface area contributed by atoms with Crippen LogP contribution < -0.4 is 5.32 Å². The van der Waals surface area contributed by atoms with E-state index in [0.717, 1.165) is 22.5 Å². The van der Waals surface area contributed by atoms with Crippen LogP contribution in [0.15, 0.2) is 66.7 Å². The maximum atomic E-state index is 12.1. The van der Waals surface area contributed by atoms with Gasteiger partial charge in [0.1, 0.15) is 0 Å². The zero-order valence-corrected chi connectivity index (χ0v) is 12.2. The number of aryl methyl sites for hydroxylation is 1. The topological polar surface area (TPSA) is 54.9 Å². The summed E-state index contributed by atoms with van der Waals surface area (Å²) in [5.41, 5.74) is 3.89. The van der Waals surface area contributed by atoms with Gasteiger partial charge in [-0.15, -0.1) is 10.2 Å². The zero-order valence-electron chi connectivity index (χ0n) is 12.2. The summed E-state index contributed by atoms with van der Waals surface area (Å²) < 4.78 is 0. The van der Waals surface area contributed by atoms with E-state index in [9.17, 15) is 4.79 Å². The first-order valence-electron chi connectivity index (χ1n) is 6.99. The molecule has 0 saturated heterocycles. The van der Waals surface area contributed by atoms with E-state index in [-0.39, 0.29) is 5.91 Å². The maximum Gasteiger partial charge on any atom is 0.276 e. The Kier molecular flexibility index (Phi) is 3.92. The summed E-state index contributed by atoms with van der Waals surface area (Å²) in [4.78, 5) is 12.1. The molecule has 1 amide bonds. The van der Waals surface area contributed by atoms with E-state index >= 15 is 0 Å². The lowest BCUT2D eigenvalue weighted by atomic mass is 10.1. The van der Waals surface area contributed by atoms with Crippen molar-refractivity contribution in [2.45, 2.75) is 6.92 Å². The van der Waals surface area contributed by atoms with Crippen molar-refractivity contribution in [3.63, 3.8) is 0 Å². The lowest BCUT2D eigenvalue weighted by molar-refractivity contribution is 0.102. The number of carbonyl (C=O) groups is 1. The van der Waals surface area contributed by atoms with Crippen LogP contribution >= 0.6 is 0 Å². The van der Waals surface area contributed by atoms with Crippen LogP contribution in [0.1, 0.15) is 16.1 Å². The van der Waals surface area contributed by atoms with Crippen molar-refractivity contribution in [3.8, 4) is 11.3 Å². The highest BCUT2D eigenvalue weighted by molar-refractivity contribution is 6.02. The van der Waals surface area contributed by atoms with Gasteiger partial charge >= 0.3 is 0 Å². The van der Waals surface area contributed by atoms with Gasteiger partial charge in [0.25, 0.3) is 5.91 Å². The lowest BCUT2D eigenvalue weighted by Gasteiger charge is -2.05. The molecule has 22 heavy (non-hydrogen) atoms. The smallest absolute Gasteiger partial charge is 0.276 e. The average molecular weight is 289 g/mol. The van der Waals surface area contributed by atoms with Gasteiger partial charge in [-0.05, 0) is 31.2 Å². The highest BCUT2D eigenvalue weighted by Gasteiger charge is 2.09. The molecular formula is C18H15N3O. The van der Waals surface area contributed by atoms with Gasteiger partial charge in [-0.25, -0.2) is 0 Å². The molecule has 0 aliphatic heterocycles. The van der Waals surface area contributed by atoms with Crippen molar-refractivity contribution in [1.82, 2.24) is 10.2 Å².